The van der Waals surface area contributed by atoms with E-state index in [1.807, 2.05) is 11.3 Å². The van der Waals surface area contributed by atoms with Gasteiger partial charge in [0, 0.05) is 37.4 Å². The number of nitrogens with zero attached hydrogens (tertiary/aromatic N) is 1. The number of benzene rings is 2. The van der Waals surface area contributed by atoms with Gasteiger partial charge < -0.3 is 9.15 Å². The van der Waals surface area contributed by atoms with Crippen molar-refractivity contribution in [2.24, 2.45) is 12.5 Å². The Kier molecular flexibility index (Phi) is 3.98. The molecule has 0 amide bonds. The van der Waals surface area contributed by atoms with E-state index in [9.17, 15) is 0 Å². The molecule has 5 heterocycles. The van der Waals surface area contributed by atoms with Crippen LogP contribution in [0.15, 0.2) is 40.3 Å². The summed E-state index contributed by atoms with van der Waals surface area (Å²) in [7, 11) is 2.14. The van der Waals surface area contributed by atoms with Gasteiger partial charge in [0.2, 0.25) is 5.69 Å². The average molecular weight is 485 g/mol. The summed E-state index contributed by atoms with van der Waals surface area (Å²) < 4.78 is 17.0. The number of aryl methyl sites for hydroxylation is 3. The van der Waals surface area contributed by atoms with Crippen LogP contribution in [0.2, 0.25) is 0 Å². The summed E-state index contributed by atoms with van der Waals surface area (Å²) in [5.41, 5.74) is 6.15. The zero-order chi connectivity index (χ0) is 23.5. The van der Waals surface area contributed by atoms with Crippen molar-refractivity contribution in [1.29, 1.82) is 0 Å². The van der Waals surface area contributed by atoms with E-state index in [0.717, 1.165) is 44.6 Å². The molecule has 0 atom stereocenters. The zero-order valence-corrected chi connectivity index (χ0v) is 21.9. The molecule has 0 saturated heterocycles. The van der Waals surface area contributed by atoms with Crippen molar-refractivity contribution in [3.63, 3.8) is 0 Å². The quantitative estimate of drug-likeness (QED) is 0.218. The lowest BCUT2D eigenvalue weighted by Crippen LogP contribution is -2.32. The first kappa shape index (κ1) is 20.5. The minimum absolute atomic E-state index is 0.143. The molecule has 0 aliphatic carbocycles. The number of pyridine rings is 1. The number of rotatable bonds is 1. The Labute approximate surface area is 206 Å². The van der Waals surface area contributed by atoms with Crippen molar-refractivity contribution in [3.05, 3.63) is 51.8 Å². The second-order valence-electron chi connectivity index (χ2n) is 10.8. The molecule has 170 valence electrons. The lowest BCUT2D eigenvalue weighted by molar-refractivity contribution is -0.659. The molecule has 0 unspecified atom stereocenters. The van der Waals surface area contributed by atoms with Gasteiger partial charge in [-0.15, -0.1) is 22.7 Å². The first-order chi connectivity index (χ1) is 16.2. The zero-order valence-electron chi connectivity index (χ0n) is 20.3. The Hall–Kier alpha value is -2.89. The molecule has 0 bridgehead atoms. The summed E-state index contributed by atoms with van der Waals surface area (Å²) >= 11 is 3.54. The highest BCUT2D eigenvalue weighted by Crippen LogP contribution is 2.54. The maximum absolute atomic E-state index is 6.93. The second kappa shape index (κ2) is 6.61. The van der Waals surface area contributed by atoms with Crippen LogP contribution in [0.3, 0.4) is 0 Å². The molecule has 2 aromatic carbocycles. The van der Waals surface area contributed by atoms with Crippen LogP contribution in [0.1, 0.15) is 36.8 Å². The number of aromatic nitrogens is 1. The molecule has 0 spiro atoms. The van der Waals surface area contributed by atoms with E-state index in [4.69, 9.17) is 9.15 Å². The third-order valence-electron chi connectivity index (χ3n) is 7.00. The Morgan fingerprint density at radius 1 is 1.00 bits per heavy atom. The Morgan fingerprint density at radius 3 is 2.62 bits per heavy atom. The van der Waals surface area contributed by atoms with Gasteiger partial charge in [-0.2, -0.15) is 0 Å². The van der Waals surface area contributed by atoms with Gasteiger partial charge in [-0.1, -0.05) is 20.8 Å². The van der Waals surface area contributed by atoms with Crippen molar-refractivity contribution >= 4 is 64.8 Å². The summed E-state index contributed by atoms with van der Waals surface area (Å²) in [6, 6.07) is 8.88. The molecule has 1 aliphatic rings. The van der Waals surface area contributed by atoms with E-state index in [-0.39, 0.29) is 5.41 Å². The molecule has 1 aliphatic heterocycles. The highest BCUT2D eigenvalue weighted by atomic mass is 32.1. The molecule has 6 aromatic rings. The predicted molar refractivity (Wildman–Crippen MR) is 144 cm³/mol. The smallest absolute Gasteiger partial charge is 0.228 e. The fourth-order valence-electron chi connectivity index (χ4n) is 5.65. The van der Waals surface area contributed by atoms with Gasteiger partial charge in [-0.05, 0) is 60.2 Å². The highest BCUT2D eigenvalue weighted by Gasteiger charge is 2.35. The van der Waals surface area contributed by atoms with Crippen molar-refractivity contribution < 1.29 is 13.7 Å². The SMILES string of the molecule is Cc1cc2c(oc3c4cc[n+](C)c5c4c(cc23)Oc2c-5c(C)c3sccc3c2CC(C)(C)C)s1. The normalized spacial score (nSPS) is 13.4. The van der Waals surface area contributed by atoms with Crippen LogP contribution >= 0.6 is 22.7 Å². The van der Waals surface area contributed by atoms with Gasteiger partial charge in [0.1, 0.15) is 29.5 Å². The summed E-state index contributed by atoms with van der Waals surface area (Å²) in [4.78, 5) is 2.25. The van der Waals surface area contributed by atoms with Gasteiger partial charge in [-0.3, -0.25) is 0 Å². The topological polar surface area (TPSA) is 26.2 Å². The molecule has 0 N–H and O–H groups in total. The third-order valence-corrected chi connectivity index (χ3v) is 8.97. The number of ether oxygens (including phenoxy) is 1. The summed E-state index contributed by atoms with van der Waals surface area (Å²) in [5.74, 6) is 1.95. The summed E-state index contributed by atoms with van der Waals surface area (Å²) in [5, 5.41) is 8.12. The van der Waals surface area contributed by atoms with E-state index in [1.54, 1.807) is 11.3 Å². The summed E-state index contributed by atoms with van der Waals surface area (Å²) in [6.45, 7) is 11.3. The first-order valence-electron chi connectivity index (χ1n) is 11.7. The van der Waals surface area contributed by atoms with Crippen LogP contribution in [-0.4, -0.2) is 0 Å². The maximum atomic E-state index is 6.93. The van der Waals surface area contributed by atoms with Crippen molar-refractivity contribution in [2.45, 2.75) is 41.0 Å². The summed E-state index contributed by atoms with van der Waals surface area (Å²) in [6.07, 6.45) is 3.12. The predicted octanol–water partition coefficient (Wildman–Crippen LogP) is 8.82. The highest BCUT2D eigenvalue weighted by molar-refractivity contribution is 7.18. The molecule has 0 radical (unpaired) electrons. The standard InChI is InChI=1S/C29H26NO2S2/c1-14-11-19-18-12-21-23-17(25(18)32-28(19)34-14)7-9-30(6)24(23)22-15(2)27-16(8-10-33-27)20(26(22)31-21)13-29(3,4)5/h7-12H,13H2,1-6H3/q+1. The van der Waals surface area contributed by atoms with E-state index in [1.165, 1.54) is 42.7 Å². The number of hydrogen-bond donors (Lipinski definition) is 0. The molecular formula is C29H26NO2S2+. The van der Waals surface area contributed by atoms with Crippen molar-refractivity contribution in [3.8, 4) is 22.8 Å². The Morgan fingerprint density at radius 2 is 1.82 bits per heavy atom. The minimum atomic E-state index is 0.143. The third kappa shape index (κ3) is 2.65. The number of thiophene rings is 2. The number of furan rings is 1. The van der Waals surface area contributed by atoms with E-state index in [0.29, 0.717) is 0 Å². The van der Waals surface area contributed by atoms with Gasteiger partial charge in [0.15, 0.2) is 11.1 Å². The Bertz CT molecular complexity index is 1820. The van der Waals surface area contributed by atoms with Gasteiger partial charge in [0.25, 0.3) is 0 Å². The largest absolute Gasteiger partial charge is 0.455 e. The van der Waals surface area contributed by atoms with Crippen molar-refractivity contribution in [2.75, 3.05) is 0 Å². The lowest BCUT2D eigenvalue weighted by Gasteiger charge is -2.27. The molecule has 0 fully saturated rings. The van der Waals surface area contributed by atoms with Crippen molar-refractivity contribution in [1.82, 2.24) is 0 Å². The first-order valence-corrected chi connectivity index (χ1v) is 13.4. The fourth-order valence-corrected chi connectivity index (χ4v) is 7.46. The van der Waals surface area contributed by atoms with Gasteiger partial charge in [0.05, 0.1) is 5.56 Å². The number of hydrogen-bond acceptors (Lipinski definition) is 4. The minimum Gasteiger partial charge on any atom is -0.455 e. The average Bonchev–Trinajstić information content (AvgIpc) is 3.47. The molecule has 3 nitrogen and oxygen atoms in total. The van der Waals surface area contributed by atoms with E-state index < -0.39 is 0 Å². The van der Waals surface area contributed by atoms with E-state index in [2.05, 4.69) is 82.1 Å². The molecule has 0 saturated carbocycles. The molecule has 4 aromatic heterocycles. The van der Waals surface area contributed by atoms with E-state index >= 15 is 0 Å². The Balaban J connectivity index is 1.66. The molecule has 7 rings (SSSR count). The maximum Gasteiger partial charge on any atom is 0.228 e. The van der Waals surface area contributed by atoms with Crippen LogP contribution in [0, 0.1) is 19.3 Å². The monoisotopic (exact) mass is 484 g/mol. The molecule has 5 heteroatoms. The lowest BCUT2D eigenvalue weighted by atomic mass is 9.83. The van der Waals surface area contributed by atoms with Crippen LogP contribution in [0.5, 0.6) is 11.5 Å². The van der Waals surface area contributed by atoms with Gasteiger partial charge >= 0.3 is 0 Å². The van der Waals surface area contributed by atoms with Crippen LogP contribution in [0.4, 0.5) is 0 Å². The molecular weight excluding hydrogens is 458 g/mol. The second-order valence-corrected chi connectivity index (χ2v) is 12.9. The van der Waals surface area contributed by atoms with Gasteiger partial charge in [-0.25, -0.2) is 4.57 Å². The van der Waals surface area contributed by atoms with Crippen LogP contribution in [-0.2, 0) is 13.5 Å². The fraction of sp³-hybridized carbons (Fsp3) is 0.276. The molecule has 34 heavy (non-hydrogen) atoms. The van der Waals surface area contributed by atoms with Crippen LogP contribution < -0.4 is 9.30 Å². The van der Waals surface area contributed by atoms with Crippen LogP contribution in [0.25, 0.3) is 53.4 Å². The number of fused-ring (bicyclic) bond motifs is 7.